The maximum absolute atomic E-state index is 5.82. The van der Waals surface area contributed by atoms with Gasteiger partial charge in [0.1, 0.15) is 0 Å². The quantitative estimate of drug-likeness (QED) is 0.713. The minimum atomic E-state index is 0.375. The fourth-order valence-electron chi connectivity index (χ4n) is 1.79. The number of ether oxygens (including phenoxy) is 2. The van der Waals surface area contributed by atoms with Gasteiger partial charge in [0.2, 0.25) is 0 Å². The highest BCUT2D eigenvalue weighted by Crippen LogP contribution is 2.20. The average molecular weight is 316 g/mol. The van der Waals surface area contributed by atoms with E-state index in [4.69, 9.17) is 15.2 Å². The van der Waals surface area contributed by atoms with Crippen LogP contribution in [-0.2, 0) is 9.47 Å². The predicted molar refractivity (Wildman–Crippen MR) is 77.9 cm³/mol. The smallest absolute Gasteiger partial charge is 0.0487 e. The molecule has 0 spiro atoms. The predicted octanol–water partition coefficient (Wildman–Crippen LogP) is 2.93. The molecule has 0 aliphatic rings. The minimum Gasteiger partial charge on any atom is -0.385 e. The lowest BCUT2D eigenvalue weighted by molar-refractivity contribution is 0.0984. The number of hydrogen-bond donors (Lipinski definition) is 1. The summed E-state index contributed by atoms with van der Waals surface area (Å²) in [5.74, 6) is 0.375. The number of benzene rings is 1. The number of nitrogens with two attached hydrogens (primary N) is 1. The summed E-state index contributed by atoms with van der Waals surface area (Å²) in [5, 5.41) is 0. The van der Waals surface area contributed by atoms with Gasteiger partial charge in [0.25, 0.3) is 0 Å². The van der Waals surface area contributed by atoms with Crippen molar-refractivity contribution in [2.45, 2.75) is 18.8 Å². The van der Waals surface area contributed by atoms with Crippen molar-refractivity contribution in [3.63, 3.8) is 0 Å². The normalized spacial score (nSPS) is 12.6. The van der Waals surface area contributed by atoms with Gasteiger partial charge in [-0.25, -0.2) is 0 Å². The highest BCUT2D eigenvalue weighted by molar-refractivity contribution is 9.10. The van der Waals surface area contributed by atoms with Crippen LogP contribution >= 0.6 is 15.9 Å². The second kappa shape index (κ2) is 9.50. The first kappa shape index (κ1) is 15.6. The Morgan fingerprint density at radius 3 is 2.50 bits per heavy atom. The molecule has 0 aliphatic carbocycles. The van der Waals surface area contributed by atoms with Gasteiger partial charge in [0, 0.05) is 31.4 Å². The zero-order chi connectivity index (χ0) is 13.2. The maximum atomic E-state index is 5.82. The zero-order valence-corrected chi connectivity index (χ0v) is 12.5. The van der Waals surface area contributed by atoms with Crippen molar-refractivity contribution in [1.82, 2.24) is 0 Å². The largest absolute Gasteiger partial charge is 0.385 e. The monoisotopic (exact) mass is 315 g/mol. The molecule has 4 heteroatoms. The molecule has 0 bridgehead atoms. The van der Waals surface area contributed by atoms with Gasteiger partial charge in [-0.3, -0.25) is 0 Å². The molecule has 0 aliphatic heterocycles. The van der Waals surface area contributed by atoms with E-state index in [-0.39, 0.29) is 0 Å². The lowest BCUT2D eigenvalue weighted by atomic mass is 9.96. The molecule has 1 aromatic rings. The molecule has 1 rings (SSSR count). The van der Waals surface area contributed by atoms with Crippen LogP contribution in [0.4, 0.5) is 0 Å². The molecule has 1 atom stereocenters. The highest BCUT2D eigenvalue weighted by Gasteiger charge is 2.09. The molecule has 2 N–H and O–H groups in total. The molecule has 18 heavy (non-hydrogen) atoms. The Morgan fingerprint density at radius 1 is 1.17 bits per heavy atom. The van der Waals surface area contributed by atoms with Crippen LogP contribution in [0.1, 0.15) is 24.3 Å². The van der Waals surface area contributed by atoms with E-state index in [0.717, 1.165) is 37.1 Å². The lowest BCUT2D eigenvalue weighted by Crippen LogP contribution is -2.15. The Kier molecular flexibility index (Phi) is 8.25. The highest BCUT2D eigenvalue weighted by atomic mass is 79.9. The number of methoxy groups -OCH3 is 1. The lowest BCUT2D eigenvalue weighted by Gasteiger charge is -2.15. The van der Waals surface area contributed by atoms with Crippen molar-refractivity contribution >= 4 is 15.9 Å². The molecule has 0 saturated carbocycles. The van der Waals surface area contributed by atoms with Crippen molar-refractivity contribution < 1.29 is 9.47 Å². The Morgan fingerprint density at radius 2 is 1.89 bits per heavy atom. The van der Waals surface area contributed by atoms with Crippen molar-refractivity contribution in [2.75, 3.05) is 33.5 Å². The summed E-state index contributed by atoms with van der Waals surface area (Å²) in [6.45, 7) is 2.92. The maximum Gasteiger partial charge on any atom is 0.0487 e. The molecule has 1 aromatic carbocycles. The van der Waals surface area contributed by atoms with E-state index in [9.17, 15) is 0 Å². The van der Waals surface area contributed by atoms with Gasteiger partial charge >= 0.3 is 0 Å². The number of rotatable bonds is 9. The van der Waals surface area contributed by atoms with Gasteiger partial charge in [0.05, 0.1) is 0 Å². The third-order valence-corrected chi connectivity index (χ3v) is 3.40. The fourth-order valence-corrected chi connectivity index (χ4v) is 2.05. The molecule has 0 radical (unpaired) electrons. The van der Waals surface area contributed by atoms with E-state index in [1.54, 1.807) is 7.11 Å². The van der Waals surface area contributed by atoms with Crippen LogP contribution in [0.5, 0.6) is 0 Å². The van der Waals surface area contributed by atoms with Gasteiger partial charge in [-0.2, -0.15) is 0 Å². The molecule has 1 unspecified atom stereocenters. The van der Waals surface area contributed by atoms with Crippen LogP contribution in [-0.4, -0.2) is 33.5 Å². The van der Waals surface area contributed by atoms with Crippen LogP contribution in [0.2, 0.25) is 0 Å². The second-order valence-corrected chi connectivity index (χ2v) is 5.15. The van der Waals surface area contributed by atoms with E-state index in [1.165, 1.54) is 5.56 Å². The third kappa shape index (κ3) is 5.96. The molecular formula is C14H22BrNO2. The molecule has 0 heterocycles. The van der Waals surface area contributed by atoms with Crippen molar-refractivity contribution in [3.8, 4) is 0 Å². The first-order valence-corrected chi connectivity index (χ1v) is 7.09. The molecular weight excluding hydrogens is 294 g/mol. The van der Waals surface area contributed by atoms with Crippen LogP contribution < -0.4 is 5.73 Å². The Balaban J connectivity index is 2.27. The molecule has 0 saturated heterocycles. The molecule has 0 aromatic heterocycles. The van der Waals surface area contributed by atoms with Crippen LogP contribution in [0.3, 0.4) is 0 Å². The van der Waals surface area contributed by atoms with E-state index in [1.807, 2.05) is 0 Å². The summed E-state index contributed by atoms with van der Waals surface area (Å²) >= 11 is 3.44. The van der Waals surface area contributed by atoms with Crippen molar-refractivity contribution in [3.05, 3.63) is 34.3 Å². The minimum absolute atomic E-state index is 0.375. The summed E-state index contributed by atoms with van der Waals surface area (Å²) < 4.78 is 11.6. The Labute approximate surface area is 118 Å². The Hall–Kier alpha value is -0.420. The van der Waals surface area contributed by atoms with Gasteiger partial charge < -0.3 is 15.2 Å². The first-order valence-electron chi connectivity index (χ1n) is 6.30. The summed E-state index contributed by atoms with van der Waals surface area (Å²) in [6, 6.07) is 8.34. The van der Waals surface area contributed by atoms with Gasteiger partial charge in [0.15, 0.2) is 0 Å². The molecule has 3 nitrogen and oxygen atoms in total. The number of hydrogen-bond acceptors (Lipinski definition) is 3. The summed E-state index contributed by atoms with van der Waals surface area (Å²) in [4.78, 5) is 0. The van der Waals surface area contributed by atoms with Crippen LogP contribution in [0.15, 0.2) is 28.7 Å². The summed E-state index contributed by atoms with van der Waals surface area (Å²) in [7, 11) is 1.71. The topological polar surface area (TPSA) is 44.5 Å². The van der Waals surface area contributed by atoms with E-state index < -0.39 is 0 Å². The Bertz CT molecular complexity index is 316. The molecule has 102 valence electrons. The van der Waals surface area contributed by atoms with Gasteiger partial charge in [-0.15, -0.1) is 0 Å². The average Bonchev–Trinajstić information content (AvgIpc) is 2.39. The third-order valence-electron chi connectivity index (χ3n) is 2.87. The molecule has 0 fully saturated rings. The van der Waals surface area contributed by atoms with Crippen molar-refractivity contribution in [1.29, 1.82) is 0 Å². The summed E-state index contributed by atoms with van der Waals surface area (Å²) in [5.41, 5.74) is 7.10. The standard InChI is InChI=1S/C14H22BrNO2/c1-17-8-2-9-18-10-7-13(11-16)12-3-5-14(15)6-4-12/h3-6,13H,2,7-11,16H2,1H3. The zero-order valence-electron chi connectivity index (χ0n) is 10.9. The first-order chi connectivity index (χ1) is 8.77. The van der Waals surface area contributed by atoms with Crippen LogP contribution in [0.25, 0.3) is 0 Å². The van der Waals surface area contributed by atoms with E-state index in [0.29, 0.717) is 12.5 Å². The van der Waals surface area contributed by atoms with E-state index >= 15 is 0 Å². The fraction of sp³-hybridized carbons (Fsp3) is 0.571. The van der Waals surface area contributed by atoms with Gasteiger partial charge in [-0.1, -0.05) is 28.1 Å². The van der Waals surface area contributed by atoms with Crippen molar-refractivity contribution in [2.24, 2.45) is 5.73 Å². The van der Waals surface area contributed by atoms with E-state index in [2.05, 4.69) is 40.2 Å². The van der Waals surface area contributed by atoms with Gasteiger partial charge in [-0.05, 0) is 43.0 Å². The summed E-state index contributed by atoms with van der Waals surface area (Å²) in [6.07, 6.45) is 1.91. The SMILES string of the molecule is COCCCOCCC(CN)c1ccc(Br)cc1. The number of halogens is 1. The van der Waals surface area contributed by atoms with Crippen LogP contribution in [0, 0.1) is 0 Å². The molecule has 0 amide bonds. The second-order valence-electron chi connectivity index (χ2n) is 4.23.